The van der Waals surface area contributed by atoms with Gasteiger partial charge in [0.05, 0.1) is 4.47 Å². The second-order valence-electron chi connectivity index (χ2n) is 6.08. The molecule has 0 bridgehead atoms. The van der Waals surface area contributed by atoms with Crippen LogP contribution in [0, 0.1) is 5.92 Å². The molecule has 4 rings (SSSR count). The maximum absolute atomic E-state index is 11.3. The third-order valence-corrected chi connectivity index (χ3v) is 5.11. The lowest BCUT2D eigenvalue weighted by Gasteiger charge is -2.27. The van der Waals surface area contributed by atoms with Gasteiger partial charge < -0.3 is 11.1 Å². The Morgan fingerprint density at radius 3 is 2.83 bits per heavy atom. The standard InChI is InChI=1S/C15H16BrN7O/c16-11-5-9-6-18-15(21-13(9)23-7-19-22-14(11)23)20-10-3-1-8(2-4-10)12(17)24/h5-8,10H,1-4H2,(H2,17,24)(H,18,20,21)/t8-,10-. The Morgan fingerprint density at radius 2 is 2.08 bits per heavy atom. The minimum Gasteiger partial charge on any atom is -0.369 e. The molecule has 124 valence electrons. The number of nitrogens with zero attached hydrogens (tertiary/aromatic N) is 5. The number of primary amides is 1. The summed E-state index contributed by atoms with van der Waals surface area (Å²) in [5.74, 6) is 0.368. The summed E-state index contributed by atoms with van der Waals surface area (Å²) in [7, 11) is 0. The van der Waals surface area contributed by atoms with Gasteiger partial charge in [-0.2, -0.15) is 4.98 Å². The van der Waals surface area contributed by atoms with Gasteiger partial charge in [0.1, 0.15) is 6.33 Å². The quantitative estimate of drug-likeness (QED) is 0.707. The lowest BCUT2D eigenvalue weighted by molar-refractivity contribution is -0.122. The summed E-state index contributed by atoms with van der Waals surface area (Å²) >= 11 is 3.48. The highest BCUT2D eigenvalue weighted by atomic mass is 79.9. The SMILES string of the molecule is NC(=O)[C@H]1CC[C@H](Nc2ncc3cc(Br)c4nncn4c3n2)CC1. The molecule has 3 aromatic heterocycles. The lowest BCUT2D eigenvalue weighted by Crippen LogP contribution is -2.32. The van der Waals surface area contributed by atoms with Gasteiger partial charge in [-0.15, -0.1) is 10.2 Å². The molecule has 1 aliphatic rings. The zero-order valence-corrected chi connectivity index (χ0v) is 14.4. The highest BCUT2D eigenvalue weighted by molar-refractivity contribution is 9.10. The van der Waals surface area contributed by atoms with Gasteiger partial charge in [-0.3, -0.25) is 9.20 Å². The summed E-state index contributed by atoms with van der Waals surface area (Å²) in [5.41, 5.74) is 6.85. The molecule has 3 N–H and O–H groups in total. The topological polar surface area (TPSA) is 111 Å². The second-order valence-corrected chi connectivity index (χ2v) is 6.94. The van der Waals surface area contributed by atoms with Gasteiger partial charge in [0.15, 0.2) is 11.3 Å². The molecule has 1 saturated carbocycles. The van der Waals surface area contributed by atoms with Crippen LogP contribution in [0.4, 0.5) is 5.95 Å². The van der Waals surface area contributed by atoms with Crippen molar-refractivity contribution >= 4 is 44.5 Å². The van der Waals surface area contributed by atoms with E-state index in [0.717, 1.165) is 41.2 Å². The second kappa shape index (κ2) is 5.97. The number of nitrogens with two attached hydrogens (primary N) is 1. The smallest absolute Gasteiger partial charge is 0.224 e. The fraction of sp³-hybridized carbons (Fsp3) is 0.400. The van der Waals surface area contributed by atoms with Crippen molar-refractivity contribution in [1.82, 2.24) is 24.6 Å². The third kappa shape index (κ3) is 2.68. The molecule has 3 aromatic rings. The fourth-order valence-corrected chi connectivity index (χ4v) is 3.72. The van der Waals surface area contributed by atoms with E-state index >= 15 is 0 Å². The first-order chi connectivity index (χ1) is 11.6. The fourth-order valence-electron chi connectivity index (χ4n) is 3.21. The molecule has 0 aliphatic heterocycles. The zero-order valence-electron chi connectivity index (χ0n) is 12.8. The lowest BCUT2D eigenvalue weighted by atomic mass is 9.86. The van der Waals surface area contributed by atoms with Crippen LogP contribution in [0.1, 0.15) is 25.7 Å². The van der Waals surface area contributed by atoms with Gasteiger partial charge in [0.25, 0.3) is 0 Å². The molecular formula is C15H16BrN7O. The summed E-state index contributed by atoms with van der Waals surface area (Å²) < 4.78 is 2.68. The number of pyridine rings is 1. The number of fused-ring (bicyclic) bond motifs is 3. The van der Waals surface area contributed by atoms with Crippen LogP contribution in [0.15, 0.2) is 23.1 Å². The van der Waals surface area contributed by atoms with E-state index in [9.17, 15) is 4.79 Å². The molecule has 0 radical (unpaired) electrons. The first-order valence-corrected chi connectivity index (χ1v) is 8.62. The molecule has 9 heteroatoms. The Labute approximate surface area is 146 Å². The Hall–Kier alpha value is -2.29. The highest BCUT2D eigenvalue weighted by Crippen LogP contribution is 2.27. The monoisotopic (exact) mass is 389 g/mol. The van der Waals surface area contributed by atoms with Crippen molar-refractivity contribution in [2.24, 2.45) is 11.7 Å². The molecule has 1 fully saturated rings. The average Bonchev–Trinajstić information content (AvgIpc) is 3.07. The molecule has 8 nitrogen and oxygen atoms in total. The first kappa shape index (κ1) is 15.3. The number of hydrogen-bond donors (Lipinski definition) is 2. The number of anilines is 1. The predicted molar refractivity (Wildman–Crippen MR) is 92.3 cm³/mol. The molecule has 0 aromatic carbocycles. The molecular weight excluding hydrogens is 374 g/mol. The number of carbonyl (C=O) groups is 1. The Morgan fingerprint density at radius 1 is 1.29 bits per heavy atom. The van der Waals surface area contributed by atoms with Crippen LogP contribution < -0.4 is 11.1 Å². The molecule has 3 heterocycles. The van der Waals surface area contributed by atoms with E-state index in [2.05, 4.69) is 41.4 Å². The largest absolute Gasteiger partial charge is 0.369 e. The van der Waals surface area contributed by atoms with Crippen LogP contribution in [0.5, 0.6) is 0 Å². The summed E-state index contributed by atoms with van der Waals surface area (Å²) in [5, 5.41) is 12.3. The number of nitrogens with one attached hydrogen (secondary N) is 1. The van der Waals surface area contributed by atoms with Crippen molar-refractivity contribution in [1.29, 1.82) is 0 Å². The number of halogens is 1. The van der Waals surface area contributed by atoms with Crippen molar-refractivity contribution in [3.63, 3.8) is 0 Å². The van der Waals surface area contributed by atoms with Crippen LogP contribution in [-0.4, -0.2) is 36.5 Å². The van der Waals surface area contributed by atoms with E-state index in [1.54, 1.807) is 12.5 Å². The van der Waals surface area contributed by atoms with Gasteiger partial charge in [0.2, 0.25) is 11.9 Å². The van der Waals surface area contributed by atoms with Gasteiger partial charge >= 0.3 is 0 Å². The van der Waals surface area contributed by atoms with Crippen molar-refractivity contribution in [3.05, 3.63) is 23.1 Å². The van der Waals surface area contributed by atoms with Crippen LogP contribution in [0.25, 0.3) is 16.7 Å². The van der Waals surface area contributed by atoms with Crippen molar-refractivity contribution in [3.8, 4) is 0 Å². The van der Waals surface area contributed by atoms with E-state index in [1.807, 2.05) is 10.5 Å². The Bertz CT molecular complexity index is 917. The number of hydrogen-bond acceptors (Lipinski definition) is 6. The molecule has 1 amide bonds. The van der Waals surface area contributed by atoms with Gasteiger partial charge in [-0.05, 0) is 47.7 Å². The maximum atomic E-state index is 11.3. The van der Waals surface area contributed by atoms with Gasteiger partial charge in [-0.1, -0.05) is 0 Å². The summed E-state index contributed by atoms with van der Waals surface area (Å²) in [6, 6.07) is 2.19. The molecule has 0 unspecified atom stereocenters. The number of rotatable bonds is 3. The summed E-state index contributed by atoms with van der Waals surface area (Å²) in [6.45, 7) is 0. The predicted octanol–water partition coefficient (Wildman–Crippen LogP) is 1.89. The molecule has 0 spiro atoms. The molecule has 24 heavy (non-hydrogen) atoms. The van der Waals surface area contributed by atoms with Crippen molar-refractivity contribution in [2.45, 2.75) is 31.7 Å². The van der Waals surface area contributed by atoms with Crippen LogP contribution in [0.3, 0.4) is 0 Å². The van der Waals surface area contributed by atoms with Crippen molar-refractivity contribution < 1.29 is 4.79 Å². The van der Waals surface area contributed by atoms with Gasteiger partial charge in [0, 0.05) is 23.5 Å². The van der Waals surface area contributed by atoms with Crippen LogP contribution >= 0.6 is 15.9 Å². The van der Waals surface area contributed by atoms with E-state index in [-0.39, 0.29) is 17.9 Å². The van der Waals surface area contributed by atoms with E-state index in [4.69, 9.17) is 5.73 Å². The van der Waals surface area contributed by atoms with Crippen molar-refractivity contribution in [2.75, 3.05) is 5.32 Å². The molecule has 0 saturated heterocycles. The summed E-state index contributed by atoms with van der Waals surface area (Å²) in [6.07, 6.45) is 6.81. The normalized spacial score (nSPS) is 21.2. The average molecular weight is 390 g/mol. The minimum absolute atomic E-state index is 0.00503. The summed E-state index contributed by atoms with van der Waals surface area (Å²) in [4.78, 5) is 20.3. The number of amides is 1. The first-order valence-electron chi connectivity index (χ1n) is 7.82. The number of carbonyl (C=O) groups excluding carboxylic acids is 1. The van der Waals surface area contributed by atoms with Crippen LogP contribution in [-0.2, 0) is 4.79 Å². The Kier molecular flexibility index (Phi) is 3.79. The maximum Gasteiger partial charge on any atom is 0.224 e. The highest BCUT2D eigenvalue weighted by Gasteiger charge is 2.25. The zero-order chi connectivity index (χ0) is 16.7. The van der Waals surface area contributed by atoms with Crippen LogP contribution in [0.2, 0.25) is 0 Å². The minimum atomic E-state index is -0.198. The van der Waals surface area contributed by atoms with E-state index < -0.39 is 0 Å². The van der Waals surface area contributed by atoms with E-state index in [0.29, 0.717) is 11.6 Å². The molecule has 0 atom stereocenters. The third-order valence-electron chi connectivity index (χ3n) is 4.53. The molecule has 1 aliphatic carbocycles. The van der Waals surface area contributed by atoms with E-state index in [1.165, 1.54) is 0 Å². The van der Waals surface area contributed by atoms with Gasteiger partial charge in [-0.25, -0.2) is 4.98 Å². The number of aromatic nitrogens is 5. The Balaban J connectivity index is 1.59.